The highest BCUT2D eigenvalue weighted by Gasteiger charge is 2.11. The summed E-state index contributed by atoms with van der Waals surface area (Å²) in [5.74, 6) is 0. The number of aryl methyl sites for hydroxylation is 2. The molecule has 23 heavy (non-hydrogen) atoms. The van der Waals surface area contributed by atoms with E-state index in [4.69, 9.17) is 23.2 Å². The third-order valence-corrected chi connectivity index (χ3v) is 4.72. The molecule has 3 rings (SSSR count). The molecule has 2 aromatic carbocycles. The Bertz CT molecular complexity index is 739. The predicted molar refractivity (Wildman–Crippen MR) is 98.9 cm³/mol. The molecule has 0 amide bonds. The van der Waals surface area contributed by atoms with Crippen LogP contribution in [0.4, 0.5) is 21.6 Å². The van der Waals surface area contributed by atoms with Gasteiger partial charge >= 0.3 is 0 Å². The van der Waals surface area contributed by atoms with Crippen LogP contribution in [0.5, 0.6) is 0 Å². The first kappa shape index (κ1) is 16.1. The molecule has 3 aromatic rings. The molecule has 0 aliphatic heterocycles. The number of para-hydroxylation sites is 2. The highest BCUT2D eigenvalue weighted by Crippen LogP contribution is 2.34. The van der Waals surface area contributed by atoms with Crippen molar-refractivity contribution in [1.29, 1.82) is 0 Å². The van der Waals surface area contributed by atoms with E-state index in [9.17, 15) is 0 Å². The number of nitrogens with zero attached hydrogens (tertiary/aromatic N) is 2. The second-order valence-electron chi connectivity index (χ2n) is 5.03. The third-order valence-electron chi connectivity index (χ3n) is 3.33. The van der Waals surface area contributed by atoms with Crippen LogP contribution in [-0.2, 0) is 0 Å². The summed E-state index contributed by atoms with van der Waals surface area (Å²) in [6.45, 7) is 3.98. The summed E-state index contributed by atoms with van der Waals surface area (Å²) in [6, 6.07) is 11.5. The standard InChI is InChI=1S/C16H14Cl2N4S/c1-9-5-3-7-11(17)13(9)19-15-21-22-16(23-15)20-14-10(2)6-4-8-12(14)18/h3-8H,1-2H3,(H,19,21)(H,20,22). The van der Waals surface area contributed by atoms with Crippen LogP contribution in [0.3, 0.4) is 0 Å². The molecular weight excluding hydrogens is 351 g/mol. The molecular formula is C16H14Cl2N4S. The Hall–Kier alpha value is -1.82. The van der Waals surface area contributed by atoms with Gasteiger partial charge in [-0.05, 0) is 37.1 Å². The van der Waals surface area contributed by atoms with Crippen LogP contribution < -0.4 is 10.6 Å². The van der Waals surface area contributed by atoms with Gasteiger partial charge in [0.05, 0.1) is 21.4 Å². The Morgan fingerprint density at radius 1 is 0.783 bits per heavy atom. The molecule has 0 aliphatic rings. The molecule has 0 bridgehead atoms. The Balaban J connectivity index is 1.81. The maximum Gasteiger partial charge on any atom is 0.211 e. The quantitative estimate of drug-likeness (QED) is 0.600. The van der Waals surface area contributed by atoms with Crippen LogP contribution in [-0.4, -0.2) is 10.2 Å². The average Bonchev–Trinajstić information content (AvgIpc) is 2.95. The predicted octanol–water partition coefficient (Wildman–Crippen LogP) is 5.95. The summed E-state index contributed by atoms with van der Waals surface area (Å²) in [7, 11) is 0. The Labute approximate surface area is 148 Å². The molecule has 0 radical (unpaired) electrons. The van der Waals surface area contributed by atoms with Gasteiger partial charge in [0.2, 0.25) is 10.3 Å². The summed E-state index contributed by atoms with van der Waals surface area (Å²) in [6.07, 6.45) is 0. The number of anilines is 4. The summed E-state index contributed by atoms with van der Waals surface area (Å²) in [5, 5.41) is 17.3. The van der Waals surface area contributed by atoms with Gasteiger partial charge < -0.3 is 10.6 Å². The lowest BCUT2D eigenvalue weighted by Gasteiger charge is -2.08. The Kier molecular flexibility index (Phi) is 4.71. The highest BCUT2D eigenvalue weighted by atomic mass is 35.5. The molecule has 1 aromatic heterocycles. The summed E-state index contributed by atoms with van der Waals surface area (Å²) >= 11 is 13.8. The van der Waals surface area contributed by atoms with Crippen molar-refractivity contribution < 1.29 is 0 Å². The zero-order chi connectivity index (χ0) is 16.4. The van der Waals surface area contributed by atoms with Crippen LogP contribution >= 0.6 is 34.5 Å². The zero-order valence-electron chi connectivity index (χ0n) is 12.5. The lowest BCUT2D eigenvalue weighted by Crippen LogP contribution is -1.93. The van der Waals surface area contributed by atoms with E-state index in [0.717, 1.165) is 22.5 Å². The summed E-state index contributed by atoms with van der Waals surface area (Å²) in [5.41, 5.74) is 3.77. The molecule has 118 valence electrons. The van der Waals surface area contributed by atoms with Crippen molar-refractivity contribution in [3.05, 3.63) is 57.6 Å². The fraction of sp³-hybridized carbons (Fsp3) is 0.125. The Morgan fingerprint density at radius 3 is 1.61 bits per heavy atom. The van der Waals surface area contributed by atoms with E-state index in [-0.39, 0.29) is 0 Å². The molecule has 1 heterocycles. The molecule has 0 saturated heterocycles. The molecule has 0 saturated carbocycles. The number of halogens is 2. The van der Waals surface area contributed by atoms with Crippen LogP contribution in [0.25, 0.3) is 0 Å². The SMILES string of the molecule is Cc1cccc(Cl)c1Nc1nnc(Nc2c(C)cccc2Cl)s1. The number of rotatable bonds is 4. The van der Waals surface area contributed by atoms with Gasteiger partial charge in [0, 0.05) is 0 Å². The Morgan fingerprint density at radius 2 is 1.22 bits per heavy atom. The van der Waals surface area contributed by atoms with E-state index in [2.05, 4.69) is 20.8 Å². The number of nitrogens with one attached hydrogen (secondary N) is 2. The largest absolute Gasteiger partial charge is 0.329 e. The molecule has 0 spiro atoms. The number of benzene rings is 2. The highest BCUT2D eigenvalue weighted by molar-refractivity contribution is 7.19. The van der Waals surface area contributed by atoms with E-state index in [1.807, 2.05) is 50.2 Å². The molecule has 0 fully saturated rings. The lowest BCUT2D eigenvalue weighted by molar-refractivity contribution is 1.09. The van der Waals surface area contributed by atoms with Crippen molar-refractivity contribution in [1.82, 2.24) is 10.2 Å². The maximum atomic E-state index is 6.22. The topological polar surface area (TPSA) is 49.8 Å². The van der Waals surface area contributed by atoms with E-state index in [1.54, 1.807) is 0 Å². The fourth-order valence-corrected chi connectivity index (χ4v) is 3.31. The first-order valence-electron chi connectivity index (χ1n) is 6.92. The van der Waals surface area contributed by atoms with Crippen molar-refractivity contribution in [3.63, 3.8) is 0 Å². The van der Waals surface area contributed by atoms with Crippen molar-refractivity contribution in [2.45, 2.75) is 13.8 Å². The van der Waals surface area contributed by atoms with E-state index < -0.39 is 0 Å². The first-order chi connectivity index (χ1) is 11.0. The minimum absolute atomic E-state index is 0.650. The minimum Gasteiger partial charge on any atom is -0.329 e. The van der Waals surface area contributed by atoms with Gasteiger partial charge in [-0.15, -0.1) is 10.2 Å². The van der Waals surface area contributed by atoms with Crippen molar-refractivity contribution in [3.8, 4) is 0 Å². The van der Waals surface area contributed by atoms with Gasteiger partial charge in [0.15, 0.2) is 0 Å². The first-order valence-corrected chi connectivity index (χ1v) is 8.49. The second kappa shape index (κ2) is 6.74. The van der Waals surface area contributed by atoms with Gasteiger partial charge in [-0.1, -0.05) is 58.8 Å². The van der Waals surface area contributed by atoms with Gasteiger partial charge in [-0.3, -0.25) is 0 Å². The molecule has 4 nitrogen and oxygen atoms in total. The van der Waals surface area contributed by atoms with Crippen LogP contribution in [0.15, 0.2) is 36.4 Å². The van der Waals surface area contributed by atoms with Crippen molar-refractivity contribution in [2.24, 2.45) is 0 Å². The van der Waals surface area contributed by atoms with Crippen LogP contribution in [0.1, 0.15) is 11.1 Å². The lowest BCUT2D eigenvalue weighted by atomic mass is 10.2. The minimum atomic E-state index is 0.650. The van der Waals surface area contributed by atoms with E-state index in [0.29, 0.717) is 20.3 Å². The normalized spacial score (nSPS) is 10.6. The molecule has 7 heteroatoms. The van der Waals surface area contributed by atoms with Gasteiger partial charge in [-0.2, -0.15) is 0 Å². The summed E-state index contributed by atoms with van der Waals surface area (Å²) in [4.78, 5) is 0. The molecule has 0 unspecified atom stereocenters. The van der Waals surface area contributed by atoms with Gasteiger partial charge in [0.1, 0.15) is 0 Å². The average molecular weight is 365 g/mol. The fourth-order valence-electron chi connectivity index (χ4n) is 2.12. The molecule has 2 N–H and O–H groups in total. The third kappa shape index (κ3) is 3.58. The van der Waals surface area contributed by atoms with Gasteiger partial charge in [0.25, 0.3) is 0 Å². The molecule has 0 aliphatic carbocycles. The van der Waals surface area contributed by atoms with Crippen molar-refractivity contribution in [2.75, 3.05) is 10.6 Å². The number of hydrogen-bond donors (Lipinski definition) is 2. The van der Waals surface area contributed by atoms with Crippen LogP contribution in [0, 0.1) is 13.8 Å². The second-order valence-corrected chi connectivity index (χ2v) is 6.82. The van der Waals surface area contributed by atoms with Gasteiger partial charge in [-0.25, -0.2) is 0 Å². The molecule has 0 atom stereocenters. The van der Waals surface area contributed by atoms with E-state index in [1.165, 1.54) is 11.3 Å². The monoisotopic (exact) mass is 364 g/mol. The number of aromatic nitrogens is 2. The smallest absolute Gasteiger partial charge is 0.211 e. The van der Waals surface area contributed by atoms with E-state index >= 15 is 0 Å². The summed E-state index contributed by atoms with van der Waals surface area (Å²) < 4.78 is 0. The van der Waals surface area contributed by atoms with Crippen LogP contribution in [0.2, 0.25) is 10.0 Å². The van der Waals surface area contributed by atoms with Crippen molar-refractivity contribution >= 4 is 56.2 Å². The zero-order valence-corrected chi connectivity index (χ0v) is 14.9. The maximum absolute atomic E-state index is 6.22. The number of hydrogen-bond acceptors (Lipinski definition) is 5.